The molecule has 4 N–H and O–H groups in total. The highest BCUT2D eigenvalue weighted by molar-refractivity contribution is 7.80. The summed E-state index contributed by atoms with van der Waals surface area (Å²) >= 11 is 10.2. The van der Waals surface area contributed by atoms with Gasteiger partial charge in [0.15, 0.2) is 10.2 Å². The lowest BCUT2D eigenvalue weighted by molar-refractivity contribution is 0.415. The van der Waals surface area contributed by atoms with Crippen LogP contribution in [0.5, 0.6) is 5.75 Å². The van der Waals surface area contributed by atoms with Crippen LogP contribution >= 0.6 is 24.4 Å². The summed E-state index contributed by atoms with van der Waals surface area (Å²) in [5.74, 6) is 0.803. The van der Waals surface area contributed by atoms with Crippen molar-refractivity contribution in [2.45, 2.75) is 18.9 Å². The summed E-state index contributed by atoms with van der Waals surface area (Å²) < 4.78 is 5.08. The molecule has 1 aromatic rings. The molecule has 0 aromatic heterocycles. The lowest BCUT2D eigenvalue weighted by Gasteiger charge is -2.14. The molecule has 1 saturated carbocycles. The fourth-order valence-electron chi connectivity index (χ4n) is 1.40. The average molecular weight is 296 g/mol. The molecule has 1 fully saturated rings. The number of benzene rings is 1. The van der Waals surface area contributed by atoms with Crippen LogP contribution in [0.2, 0.25) is 0 Å². The summed E-state index contributed by atoms with van der Waals surface area (Å²) in [6, 6.07) is 8.00. The topological polar surface area (TPSA) is 57.4 Å². The molecule has 19 heavy (non-hydrogen) atoms. The highest BCUT2D eigenvalue weighted by Crippen LogP contribution is 2.18. The van der Waals surface area contributed by atoms with Crippen LogP contribution in [0.3, 0.4) is 0 Å². The second kappa shape index (κ2) is 6.53. The zero-order chi connectivity index (χ0) is 13.7. The third-order valence-corrected chi connectivity index (χ3v) is 2.97. The van der Waals surface area contributed by atoms with Gasteiger partial charge in [-0.2, -0.15) is 0 Å². The van der Waals surface area contributed by atoms with E-state index in [1.807, 2.05) is 24.3 Å². The smallest absolute Gasteiger partial charge is 0.189 e. The van der Waals surface area contributed by atoms with Gasteiger partial charge in [0.2, 0.25) is 0 Å². The summed E-state index contributed by atoms with van der Waals surface area (Å²) in [5, 5.41) is 7.18. The Morgan fingerprint density at radius 3 is 2.32 bits per heavy atom. The Morgan fingerprint density at radius 1 is 1.11 bits per heavy atom. The molecule has 0 amide bonds. The summed E-state index contributed by atoms with van der Waals surface area (Å²) in [7, 11) is 1.63. The molecule has 0 aliphatic heterocycles. The van der Waals surface area contributed by atoms with Crippen LogP contribution < -0.4 is 26.2 Å². The monoisotopic (exact) mass is 296 g/mol. The van der Waals surface area contributed by atoms with Crippen molar-refractivity contribution in [1.29, 1.82) is 0 Å². The minimum absolute atomic E-state index is 0.449. The minimum Gasteiger partial charge on any atom is -0.497 e. The van der Waals surface area contributed by atoms with Gasteiger partial charge in [0, 0.05) is 11.7 Å². The van der Waals surface area contributed by atoms with Crippen LogP contribution in [0, 0.1) is 0 Å². The molecule has 1 aromatic carbocycles. The van der Waals surface area contributed by atoms with Crippen LogP contribution in [0.25, 0.3) is 0 Å². The summed E-state index contributed by atoms with van der Waals surface area (Å²) in [5.41, 5.74) is 6.54. The molecule has 0 unspecified atom stereocenters. The highest BCUT2D eigenvalue weighted by Gasteiger charge is 2.21. The number of anilines is 1. The van der Waals surface area contributed by atoms with Gasteiger partial charge in [-0.3, -0.25) is 10.9 Å². The zero-order valence-corrected chi connectivity index (χ0v) is 12.2. The maximum atomic E-state index is 5.14. The number of thiocarbonyl (C=S) groups is 2. The number of ether oxygens (including phenoxy) is 1. The predicted octanol–water partition coefficient (Wildman–Crippen LogP) is 1.52. The number of nitrogens with one attached hydrogen (secondary N) is 4. The van der Waals surface area contributed by atoms with Gasteiger partial charge >= 0.3 is 0 Å². The number of rotatable bonds is 3. The zero-order valence-electron chi connectivity index (χ0n) is 10.5. The Balaban J connectivity index is 1.71. The van der Waals surface area contributed by atoms with Crippen molar-refractivity contribution < 1.29 is 4.74 Å². The van der Waals surface area contributed by atoms with Crippen molar-refractivity contribution in [1.82, 2.24) is 16.2 Å². The van der Waals surface area contributed by atoms with Crippen LogP contribution in [-0.4, -0.2) is 23.4 Å². The summed E-state index contributed by atoms with van der Waals surface area (Å²) in [6.07, 6.45) is 2.35. The van der Waals surface area contributed by atoms with Crippen molar-refractivity contribution in [3.63, 3.8) is 0 Å². The van der Waals surface area contributed by atoms with Crippen LogP contribution in [-0.2, 0) is 0 Å². The first-order valence-electron chi connectivity index (χ1n) is 5.95. The molecule has 2 rings (SSSR count). The fraction of sp³-hybridized carbons (Fsp3) is 0.333. The minimum atomic E-state index is 0.449. The second-order valence-electron chi connectivity index (χ2n) is 4.18. The van der Waals surface area contributed by atoms with Crippen molar-refractivity contribution in [3.05, 3.63) is 24.3 Å². The van der Waals surface area contributed by atoms with E-state index in [-0.39, 0.29) is 0 Å². The van der Waals surface area contributed by atoms with Crippen LogP contribution in [0.15, 0.2) is 24.3 Å². The molecule has 1 aliphatic carbocycles. The number of hydrogen-bond donors (Lipinski definition) is 4. The van der Waals surface area contributed by atoms with Gasteiger partial charge in [0.25, 0.3) is 0 Å². The highest BCUT2D eigenvalue weighted by atomic mass is 32.1. The Labute approximate surface area is 123 Å². The molecule has 102 valence electrons. The van der Waals surface area contributed by atoms with Gasteiger partial charge in [0.05, 0.1) is 7.11 Å². The summed E-state index contributed by atoms with van der Waals surface area (Å²) in [4.78, 5) is 0. The number of hydrogen-bond acceptors (Lipinski definition) is 3. The van der Waals surface area contributed by atoms with Crippen molar-refractivity contribution in [2.75, 3.05) is 12.4 Å². The Bertz CT molecular complexity index is 459. The van der Waals surface area contributed by atoms with Gasteiger partial charge < -0.3 is 15.4 Å². The Hall–Kier alpha value is -1.60. The van der Waals surface area contributed by atoms with Gasteiger partial charge in [0.1, 0.15) is 5.75 Å². The third-order valence-electron chi connectivity index (χ3n) is 2.55. The van der Waals surface area contributed by atoms with E-state index < -0.39 is 0 Å². The van der Waals surface area contributed by atoms with E-state index in [0.717, 1.165) is 11.4 Å². The van der Waals surface area contributed by atoms with Crippen molar-refractivity contribution in [2.24, 2.45) is 0 Å². The largest absolute Gasteiger partial charge is 0.497 e. The van der Waals surface area contributed by atoms with Gasteiger partial charge in [-0.05, 0) is 61.5 Å². The average Bonchev–Trinajstić information content (AvgIpc) is 3.21. The standard InChI is InChI=1S/C12H16N4OS2/c1-17-10-6-4-9(5-7-10)14-12(19)16-15-11(18)13-8-2-3-8/h4-8H,2-3H2,1H3,(H2,13,15,18)(H2,14,16,19). The van der Waals surface area contributed by atoms with Crippen molar-refractivity contribution >= 4 is 40.3 Å². The maximum Gasteiger partial charge on any atom is 0.189 e. The lowest BCUT2D eigenvalue weighted by atomic mass is 10.3. The van der Waals surface area contributed by atoms with E-state index in [9.17, 15) is 0 Å². The quantitative estimate of drug-likeness (QED) is 0.498. The van der Waals surface area contributed by atoms with Crippen molar-refractivity contribution in [3.8, 4) is 5.75 Å². The first kappa shape index (κ1) is 13.8. The molecular weight excluding hydrogens is 280 g/mol. The lowest BCUT2D eigenvalue weighted by Crippen LogP contribution is -2.48. The Kier molecular flexibility index (Phi) is 4.75. The van der Waals surface area contributed by atoms with E-state index in [0.29, 0.717) is 16.3 Å². The molecular formula is C12H16N4OS2. The van der Waals surface area contributed by atoms with E-state index in [1.54, 1.807) is 7.11 Å². The van der Waals surface area contributed by atoms with Gasteiger partial charge in [-0.25, -0.2) is 0 Å². The SMILES string of the molecule is COc1ccc(NC(=S)NNC(=S)NC2CC2)cc1. The second-order valence-corrected chi connectivity index (χ2v) is 5.00. The Morgan fingerprint density at radius 2 is 1.74 bits per heavy atom. The predicted molar refractivity (Wildman–Crippen MR) is 84.2 cm³/mol. The number of methoxy groups -OCH3 is 1. The molecule has 0 saturated heterocycles. The van der Waals surface area contributed by atoms with Crippen LogP contribution in [0.1, 0.15) is 12.8 Å². The number of hydrazine groups is 1. The molecule has 5 nitrogen and oxygen atoms in total. The first-order chi connectivity index (χ1) is 9.17. The first-order valence-corrected chi connectivity index (χ1v) is 6.76. The molecule has 0 bridgehead atoms. The molecule has 0 radical (unpaired) electrons. The van der Waals surface area contributed by atoms with Gasteiger partial charge in [-0.1, -0.05) is 0 Å². The molecule has 0 spiro atoms. The maximum absolute atomic E-state index is 5.14. The summed E-state index contributed by atoms with van der Waals surface area (Å²) in [6.45, 7) is 0. The molecule has 0 atom stereocenters. The molecule has 0 heterocycles. The molecule has 1 aliphatic rings. The fourth-order valence-corrected chi connectivity index (χ4v) is 1.79. The molecule has 7 heteroatoms. The van der Waals surface area contributed by atoms with Gasteiger partial charge in [-0.15, -0.1) is 0 Å². The van der Waals surface area contributed by atoms with E-state index in [4.69, 9.17) is 29.2 Å². The van der Waals surface area contributed by atoms with Crippen LogP contribution in [0.4, 0.5) is 5.69 Å². The third kappa shape index (κ3) is 4.88. The van der Waals surface area contributed by atoms with E-state index >= 15 is 0 Å². The van der Waals surface area contributed by atoms with E-state index in [2.05, 4.69) is 21.5 Å². The normalized spacial score (nSPS) is 13.3. The van der Waals surface area contributed by atoms with E-state index in [1.165, 1.54) is 12.8 Å².